The summed E-state index contributed by atoms with van der Waals surface area (Å²) in [6.07, 6.45) is 2.70. The van der Waals surface area contributed by atoms with Gasteiger partial charge in [0.2, 0.25) is 0 Å². The van der Waals surface area contributed by atoms with Crippen molar-refractivity contribution in [3.63, 3.8) is 0 Å². The van der Waals surface area contributed by atoms with Crippen LogP contribution in [0.25, 0.3) is 6.08 Å². The Labute approximate surface area is 190 Å². The van der Waals surface area contributed by atoms with E-state index < -0.39 is 0 Å². The number of hydrazone groups is 1. The van der Waals surface area contributed by atoms with E-state index in [1.54, 1.807) is 0 Å². The third-order valence-electron chi connectivity index (χ3n) is 5.30. The van der Waals surface area contributed by atoms with Gasteiger partial charge in [0, 0.05) is 6.42 Å². The molecule has 2 aliphatic rings. The molecule has 0 spiro atoms. The minimum atomic E-state index is -0.139. The molecule has 6 heteroatoms. The molecule has 4 nitrogen and oxygen atoms in total. The maximum absolute atomic E-state index is 11.9. The van der Waals surface area contributed by atoms with Gasteiger partial charge in [-0.2, -0.15) is 5.10 Å². The first-order valence-corrected chi connectivity index (χ1v) is 11.2. The summed E-state index contributed by atoms with van der Waals surface area (Å²) in [5.74, 6) is -0.139. The molecule has 152 valence electrons. The molecular weight excluding hydrogens is 422 g/mol. The van der Waals surface area contributed by atoms with Crippen LogP contribution in [0.5, 0.6) is 0 Å². The molecule has 31 heavy (non-hydrogen) atoms. The first-order chi connectivity index (χ1) is 15.2. The fourth-order valence-corrected chi connectivity index (χ4v) is 4.83. The highest BCUT2D eigenvalue weighted by atomic mass is 32.2. The number of anilines is 1. The van der Waals surface area contributed by atoms with Crippen molar-refractivity contribution in [3.8, 4) is 0 Å². The van der Waals surface area contributed by atoms with Gasteiger partial charge in [-0.05, 0) is 34.9 Å². The molecule has 0 bridgehead atoms. The molecule has 0 aliphatic carbocycles. The number of thiocarbonyl (C=S) groups is 1. The van der Waals surface area contributed by atoms with Crippen LogP contribution in [0, 0.1) is 0 Å². The Balaban J connectivity index is 1.47. The zero-order chi connectivity index (χ0) is 21.2. The van der Waals surface area contributed by atoms with Crippen molar-refractivity contribution in [2.24, 2.45) is 5.10 Å². The highest BCUT2D eigenvalue weighted by Crippen LogP contribution is 2.37. The van der Waals surface area contributed by atoms with Crippen molar-refractivity contribution in [3.05, 3.63) is 107 Å². The monoisotopic (exact) mass is 441 g/mol. The summed E-state index contributed by atoms with van der Waals surface area (Å²) in [7, 11) is 0. The second-order valence-electron chi connectivity index (χ2n) is 7.33. The summed E-state index contributed by atoms with van der Waals surface area (Å²) in [6, 6.07) is 29.1. The van der Waals surface area contributed by atoms with Crippen molar-refractivity contribution in [1.82, 2.24) is 5.32 Å². The molecule has 0 aromatic heterocycles. The van der Waals surface area contributed by atoms with Gasteiger partial charge in [-0.1, -0.05) is 96.8 Å². The maximum Gasteiger partial charge on any atom is 0.263 e. The lowest BCUT2D eigenvalue weighted by molar-refractivity contribution is -0.115. The highest BCUT2D eigenvalue weighted by Gasteiger charge is 2.29. The zero-order valence-electron chi connectivity index (χ0n) is 16.6. The lowest BCUT2D eigenvalue weighted by atomic mass is 9.98. The Hall–Kier alpha value is -3.22. The van der Waals surface area contributed by atoms with Gasteiger partial charge in [-0.3, -0.25) is 9.80 Å². The lowest BCUT2D eigenvalue weighted by Crippen LogP contribution is -2.18. The Morgan fingerprint density at radius 3 is 2.29 bits per heavy atom. The molecule has 3 aromatic carbocycles. The van der Waals surface area contributed by atoms with E-state index in [-0.39, 0.29) is 11.9 Å². The Bertz CT molecular complexity index is 1190. The van der Waals surface area contributed by atoms with E-state index in [2.05, 4.69) is 58.9 Å². The van der Waals surface area contributed by atoms with Crippen LogP contribution in [0.2, 0.25) is 0 Å². The van der Waals surface area contributed by atoms with E-state index >= 15 is 0 Å². The van der Waals surface area contributed by atoms with Crippen LogP contribution in [0.3, 0.4) is 0 Å². The lowest BCUT2D eigenvalue weighted by Gasteiger charge is -2.24. The van der Waals surface area contributed by atoms with Crippen LogP contribution in [0.1, 0.15) is 29.2 Å². The average Bonchev–Trinajstić information content (AvgIpc) is 3.39. The predicted octanol–water partition coefficient (Wildman–Crippen LogP) is 5.53. The molecule has 2 aliphatic heterocycles. The topological polar surface area (TPSA) is 44.7 Å². The Morgan fingerprint density at radius 1 is 0.968 bits per heavy atom. The molecule has 1 unspecified atom stereocenters. The van der Waals surface area contributed by atoms with Gasteiger partial charge in [-0.15, -0.1) is 0 Å². The van der Waals surface area contributed by atoms with Crippen molar-refractivity contribution in [2.45, 2.75) is 12.5 Å². The van der Waals surface area contributed by atoms with E-state index in [0.29, 0.717) is 9.23 Å². The largest absolute Gasteiger partial charge is 0.307 e. The number of amides is 1. The molecule has 1 atom stereocenters. The van der Waals surface area contributed by atoms with E-state index in [0.717, 1.165) is 28.9 Å². The van der Waals surface area contributed by atoms with Crippen LogP contribution in [0.15, 0.2) is 94.9 Å². The van der Waals surface area contributed by atoms with Gasteiger partial charge >= 0.3 is 0 Å². The Morgan fingerprint density at radius 2 is 1.65 bits per heavy atom. The highest BCUT2D eigenvalue weighted by molar-refractivity contribution is 8.26. The van der Waals surface area contributed by atoms with Crippen LogP contribution in [-0.4, -0.2) is 15.9 Å². The van der Waals surface area contributed by atoms with E-state index in [9.17, 15) is 4.79 Å². The number of hydrogen-bond donors (Lipinski definition) is 1. The zero-order valence-corrected chi connectivity index (χ0v) is 18.2. The second kappa shape index (κ2) is 8.49. The first kappa shape index (κ1) is 19.7. The normalized spacial score (nSPS) is 19.6. The van der Waals surface area contributed by atoms with Crippen LogP contribution in [-0.2, 0) is 4.79 Å². The van der Waals surface area contributed by atoms with Crippen molar-refractivity contribution in [1.29, 1.82) is 0 Å². The van der Waals surface area contributed by atoms with Gasteiger partial charge in [0.1, 0.15) is 4.32 Å². The molecule has 2 heterocycles. The molecule has 0 saturated carbocycles. The van der Waals surface area contributed by atoms with E-state index in [4.69, 9.17) is 17.3 Å². The molecule has 0 radical (unpaired) electrons. The van der Waals surface area contributed by atoms with E-state index in [1.807, 2.05) is 42.5 Å². The maximum atomic E-state index is 11.9. The third kappa shape index (κ3) is 4.17. The smallest absolute Gasteiger partial charge is 0.263 e. The number of carbonyl (C=O) groups excluding carboxylic acids is 1. The average molecular weight is 442 g/mol. The summed E-state index contributed by atoms with van der Waals surface area (Å²) < 4.78 is 0.499. The van der Waals surface area contributed by atoms with Crippen molar-refractivity contribution < 1.29 is 4.79 Å². The van der Waals surface area contributed by atoms with Gasteiger partial charge in [0.15, 0.2) is 0 Å². The minimum Gasteiger partial charge on any atom is -0.307 e. The number of carbonyl (C=O) groups is 1. The fraction of sp³-hybridized carbons (Fsp3) is 0.0800. The van der Waals surface area contributed by atoms with Crippen molar-refractivity contribution >= 4 is 51.7 Å². The standard InChI is InChI=1S/C25H19N3OS2/c29-24-23(31-25(30)26-24)15-17-11-13-20(14-12-17)28-22(19-9-5-2-6-10-19)16-21(27-28)18-7-3-1-4-8-18/h1-15,22H,16H2,(H,26,29,30)/b23-15-. The summed E-state index contributed by atoms with van der Waals surface area (Å²) in [5.41, 5.74) is 5.42. The van der Waals surface area contributed by atoms with Gasteiger partial charge in [0.25, 0.3) is 5.91 Å². The summed E-state index contributed by atoms with van der Waals surface area (Å²) in [4.78, 5) is 12.5. The fourth-order valence-electron chi connectivity index (χ4n) is 3.78. The molecule has 5 rings (SSSR count). The van der Waals surface area contributed by atoms with E-state index in [1.165, 1.54) is 17.3 Å². The molecule has 1 amide bonds. The van der Waals surface area contributed by atoms with Crippen molar-refractivity contribution in [2.75, 3.05) is 5.01 Å². The summed E-state index contributed by atoms with van der Waals surface area (Å²) >= 11 is 6.36. The predicted molar refractivity (Wildman–Crippen MR) is 132 cm³/mol. The third-order valence-corrected chi connectivity index (χ3v) is 6.46. The summed E-state index contributed by atoms with van der Waals surface area (Å²) in [6.45, 7) is 0. The number of thioether (sulfide) groups is 1. The van der Waals surface area contributed by atoms with Gasteiger partial charge < -0.3 is 5.32 Å². The van der Waals surface area contributed by atoms with Gasteiger partial charge in [-0.25, -0.2) is 0 Å². The summed E-state index contributed by atoms with van der Waals surface area (Å²) in [5, 5.41) is 9.74. The molecule has 3 aromatic rings. The molecule has 1 fully saturated rings. The Kier molecular flexibility index (Phi) is 5.40. The second-order valence-corrected chi connectivity index (χ2v) is 9.05. The first-order valence-electron chi connectivity index (χ1n) is 9.99. The molecular formula is C25H19N3OS2. The SMILES string of the molecule is O=C1NC(=S)S/C1=C\c1ccc(N2N=C(c3ccccc3)CC2c2ccccc2)cc1. The molecule has 1 saturated heterocycles. The number of benzene rings is 3. The number of nitrogens with zero attached hydrogens (tertiary/aromatic N) is 2. The number of hydrogen-bond acceptors (Lipinski definition) is 5. The molecule has 1 N–H and O–H groups in total. The van der Waals surface area contributed by atoms with Crippen LogP contribution >= 0.6 is 24.0 Å². The quantitative estimate of drug-likeness (QED) is 0.427. The van der Waals surface area contributed by atoms with Crippen LogP contribution in [0.4, 0.5) is 5.69 Å². The van der Waals surface area contributed by atoms with Gasteiger partial charge in [0.05, 0.1) is 22.3 Å². The number of rotatable bonds is 4. The minimum absolute atomic E-state index is 0.133. The van der Waals surface area contributed by atoms with Crippen LogP contribution < -0.4 is 10.3 Å². The number of nitrogens with one attached hydrogen (secondary N) is 1.